The van der Waals surface area contributed by atoms with Gasteiger partial charge in [-0.05, 0) is 26.0 Å². The summed E-state index contributed by atoms with van der Waals surface area (Å²) >= 11 is 0. The largest absolute Gasteiger partial charge is 0.465 e. The molecule has 2 rings (SSSR count). The first-order valence-corrected chi connectivity index (χ1v) is 6.13. The van der Waals surface area contributed by atoms with Crippen LogP contribution >= 0.6 is 0 Å². The van der Waals surface area contributed by atoms with E-state index in [-0.39, 0.29) is 13.2 Å². The van der Waals surface area contributed by atoms with Crippen LogP contribution in [0.3, 0.4) is 0 Å². The van der Waals surface area contributed by atoms with Crippen molar-refractivity contribution in [3.63, 3.8) is 0 Å². The fourth-order valence-electron chi connectivity index (χ4n) is 2.00. The van der Waals surface area contributed by atoms with Gasteiger partial charge in [0.25, 0.3) is 5.91 Å². The van der Waals surface area contributed by atoms with Crippen molar-refractivity contribution in [2.75, 3.05) is 18.1 Å². The number of aryl methyl sites for hydroxylation is 1. The Hall–Kier alpha value is -2.17. The summed E-state index contributed by atoms with van der Waals surface area (Å²) in [5, 5.41) is 0. The number of benzene rings is 1. The topological polar surface area (TPSA) is 63.7 Å². The Balaban J connectivity index is 2.21. The zero-order valence-corrected chi connectivity index (χ0v) is 10.9. The number of esters is 1. The van der Waals surface area contributed by atoms with Gasteiger partial charge in [-0.2, -0.15) is 0 Å². The number of hydrogen-bond donors (Lipinski definition) is 0. The van der Waals surface area contributed by atoms with Crippen LogP contribution in [0, 0.1) is 12.8 Å². The second kappa shape index (κ2) is 5.22. The monoisotopic (exact) mass is 261 g/mol. The van der Waals surface area contributed by atoms with E-state index in [0.717, 1.165) is 5.56 Å². The number of anilines is 1. The highest BCUT2D eigenvalue weighted by atomic mass is 16.5. The summed E-state index contributed by atoms with van der Waals surface area (Å²) < 4.78 is 4.81. The molecule has 0 bridgehead atoms. The lowest BCUT2D eigenvalue weighted by molar-refractivity contribution is -0.151. The first-order valence-electron chi connectivity index (χ1n) is 6.13. The van der Waals surface area contributed by atoms with Gasteiger partial charge in [-0.1, -0.05) is 17.7 Å². The Morgan fingerprint density at radius 1 is 1.32 bits per heavy atom. The molecule has 5 heteroatoms. The summed E-state index contributed by atoms with van der Waals surface area (Å²) in [7, 11) is 0. The lowest BCUT2D eigenvalue weighted by Gasteiger charge is -2.15. The predicted molar refractivity (Wildman–Crippen MR) is 68.7 cm³/mol. The fourth-order valence-corrected chi connectivity index (χ4v) is 2.00. The van der Waals surface area contributed by atoms with Crippen LogP contribution in [-0.4, -0.2) is 30.8 Å². The summed E-state index contributed by atoms with van der Waals surface area (Å²) in [5.41, 5.74) is 1.68. The minimum absolute atomic E-state index is 0.0551. The molecule has 1 aromatic carbocycles. The van der Waals surface area contributed by atoms with E-state index in [0.29, 0.717) is 5.69 Å². The van der Waals surface area contributed by atoms with Crippen LogP contribution < -0.4 is 4.90 Å². The van der Waals surface area contributed by atoms with Gasteiger partial charge >= 0.3 is 5.97 Å². The van der Waals surface area contributed by atoms with Crippen LogP contribution in [0.5, 0.6) is 0 Å². The third-order valence-electron chi connectivity index (χ3n) is 3.05. The lowest BCUT2D eigenvalue weighted by atomic mass is 10.1. The summed E-state index contributed by atoms with van der Waals surface area (Å²) in [4.78, 5) is 36.6. The van der Waals surface area contributed by atoms with E-state index >= 15 is 0 Å². The van der Waals surface area contributed by atoms with Crippen molar-refractivity contribution in [2.24, 2.45) is 5.92 Å². The summed E-state index contributed by atoms with van der Waals surface area (Å²) in [6.07, 6.45) is 0. The molecule has 1 amide bonds. The van der Waals surface area contributed by atoms with E-state index in [4.69, 9.17) is 4.74 Å². The smallest absolute Gasteiger partial charge is 0.318 e. The van der Waals surface area contributed by atoms with Gasteiger partial charge < -0.3 is 9.64 Å². The molecule has 1 heterocycles. The molecular formula is C14H15NO4. The molecule has 1 aliphatic rings. The van der Waals surface area contributed by atoms with Crippen LogP contribution in [-0.2, 0) is 19.1 Å². The third kappa shape index (κ3) is 2.50. The molecule has 1 atom stereocenters. The minimum Gasteiger partial charge on any atom is -0.465 e. The summed E-state index contributed by atoms with van der Waals surface area (Å²) in [5.74, 6) is -2.98. The molecule has 0 aromatic heterocycles. The van der Waals surface area contributed by atoms with Crippen LogP contribution in [0.1, 0.15) is 12.5 Å². The average Bonchev–Trinajstić information content (AvgIpc) is 2.68. The minimum atomic E-state index is -1.01. The van der Waals surface area contributed by atoms with E-state index in [9.17, 15) is 14.4 Å². The Bertz CT molecular complexity index is 521. The number of nitrogens with zero attached hydrogens (tertiary/aromatic N) is 1. The second-order valence-corrected chi connectivity index (χ2v) is 4.42. The molecule has 5 nitrogen and oxygen atoms in total. The number of carbonyl (C=O) groups excluding carboxylic acids is 3. The first kappa shape index (κ1) is 13.3. The quantitative estimate of drug-likeness (QED) is 0.464. The number of Topliss-reactive ketones (excluding diaryl/α,β-unsaturated/α-hetero) is 1. The number of carbonyl (C=O) groups is 3. The maximum absolute atomic E-state index is 11.9. The number of rotatable bonds is 3. The van der Waals surface area contributed by atoms with E-state index < -0.39 is 23.6 Å². The molecule has 0 aliphatic carbocycles. The zero-order valence-electron chi connectivity index (χ0n) is 10.9. The maximum Gasteiger partial charge on any atom is 0.318 e. The predicted octanol–water partition coefficient (Wildman–Crippen LogP) is 1.09. The maximum atomic E-state index is 11.9. The molecule has 0 N–H and O–H groups in total. The van der Waals surface area contributed by atoms with Gasteiger partial charge in [-0.25, -0.2) is 0 Å². The summed E-state index contributed by atoms with van der Waals surface area (Å²) in [6.45, 7) is 3.85. The molecule has 1 saturated heterocycles. The van der Waals surface area contributed by atoms with Gasteiger partial charge in [0.15, 0.2) is 0 Å². The van der Waals surface area contributed by atoms with Crippen molar-refractivity contribution in [1.29, 1.82) is 0 Å². The number of ketones is 1. The fraction of sp³-hybridized carbons (Fsp3) is 0.357. The first-order chi connectivity index (χ1) is 9.04. The van der Waals surface area contributed by atoms with Gasteiger partial charge in [0.2, 0.25) is 5.78 Å². The zero-order chi connectivity index (χ0) is 14.0. The van der Waals surface area contributed by atoms with Crippen molar-refractivity contribution in [3.05, 3.63) is 29.8 Å². The van der Waals surface area contributed by atoms with Crippen molar-refractivity contribution in [1.82, 2.24) is 0 Å². The highest BCUT2D eigenvalue weighted by Gasteiger charge is 2.44. The Labute approximate surface area is 111 Å². The molecule has 100 valence electrons. The van der Waals surface area contributed by atoms with Crippen LogP contribution in [0.15, 0.2) is 24.3 Å². The van der Waals surface area contributed by atoms with Gasteiger partial charge in [0.05, 0.1) is 6.61 Å². The molecule has 19 heavy (non-hydrogen) atoms. The molecule has 1 aromatic rings. The summed E-state index contributed by atoms with van der Waals surface area (Å²) in [6, 6.07) is 7.22. The molecule has 1 fully saturated rings. The Morgan fingerprint density at radius 2 is 1.95 bits per heavy atom. The molecular weight excluding hydrogens is 246 g/mol. The van der Waals surface area contributed by atoms with Gasteiger partial charge in [-0.3, -0.25) is 14.4 Å². The van der Waals surface area contributed by atoms with E-state index in [1.807, 2.05) is 19.1 Å². The lowest BCUT2D eigenvalue weighted by Crippen LogP contribution is -2.26. The Morgan fingerprint density at radius 3 is 2.53 bits per heavy atom. The average molecular weight is 261 g/mol. The molecule has 1 aliphatic heterocycles. The van der Waals surface area contributed by atoms with Gasteiger partial charge in [-0.15, -0.1) is 0 Å². The third-order valence-corrected chi connectivity index (χ3v) is 3.05. The molecule has 0 spiro atoms. The second-order valence-electron chi connectivity index (χ2n) is 4.42. The molecule has 0 saturated carbocycles. The van der Waals surface area contributed by atoms with Gasteiger partial charge in [0.1, 0.15) is 5.92 Å². The highest BCUT2D eigenvalue weighted by molar-refractivity contribution is 6.47. The van der Waals surface area contributed by atoms with E-state index in [1.165, 1.54) is 4.90 Å². The number of amides is 1. The van der Waals surface area contributed by atoms with E-state index in [2.05, 4.69) is 0 Å². The van der Waals surface area contributed by atoms with Crippen LogP contribution in [0.2, 0.25) is 0 Å². The highest BCUT2D eigenvalue weighted by Crippen LogP contribution is 2.24. The van der Waals surface area contributed by atoms with Gasteiger partial charge in [0, 0.05) is 12.2 Å². The Kier molecular flexibility index (Phi) is 3.64. The SMILES string of the molecule is CCOC(=O)C1CN(c2ccc(C)cc2)C(=O)C1=O. The molecule has 1 unspecified atom stereocenters. The van der Waals surface area contributed by atoms with Crippen molar-refractivity contribution in [2.45, 2.75) is 13.8 Å². The van der Waals surface area contributed by atoms with Crippen molar-refractivity contribution in [3.8, 4) is 0 Å². The van der Waals surface area contributed by atoms with Crippen molar-refractivity contribution < 1.29 is 19.1 Å². The van der Waals surface area contributed by atoms with Crippen LogP contribution in [0.25, 0.3) is 0 Å². The van der Waals surface area contributed by atoms with E-state index in [1.54, 1.807) is 19.1 Å². The number of ether oxygens (including phenoxy) is 1. The van der Waals surface area contributed by atoms with Crippen molar-refractivity contribution >= 4 is 23.3 Å². The van der Waals surface area contributed by atoms with Crippen LogP contribution in [0.4, 0.5) is 5.69 Å². The molecule has 0 radical (unpaired) electrons. The standard InChI is InChI=1S/C14H15NO4/c1-3-19-14(18)11-8-15(13(17)12(11)16)10-6-4-9(2)5-7-10/h4-7,11H,3,8H2,1-2H3. The number of hydrogen-bond acceptors (Lipinski definition) is 4. The normalized spacial score (nSPS) is 18.8.